The molecule has 1 heterocycles. The van der Waals surface area contributed by atoms with Crippen LogP contribution in [-0.2, 0) is 4.79 Å². The molecule has 0 radical (unpaired) electrons. The maximum Gasteiger partial charge on any atom is 0.453 e. The van der Waals surface area contributed by atoms with Crippen LogP contribution < -0.4 is 10.1 Å². The number of halogens is 2. The number of benzene rings is 1. The van der Waals surface area contributed by atoms with Crippen LogP contribution in [0.4, 0.5) is 8.78 Å². The van der Waals surface area contributed by atoms with Crippen LogP contribution in [0, 0.1) is 11.6 Å². The molecule has 0 saturated carbocycles. The predicted octanol–water partition coefficient (Wildman–Crippen LogP) is -0.465. The summed E-state index contributed by atoms with van der Waals surface area (Å²) in [6.07, 6.45) is -3.55. The molecular weight excluding hydrogens is 264 g/mol. The van der Waals surface area contributed by atoms with E-state index >= 15 is 0 Å². The maximum atomic E-state index is 13.8. The lowest BCUT2D eigenvalue weighted by Crippen LogP contribution is -2.34. The van der Waals surface area contributed by atoms with Crippen LogP contribution in [0.25, 0.3) is 0 Å². The Morgan fingerprint density at radius 3 is 2.26 bits per heavy atom. The van der Waals surface area contributed by atoms with E-state index in [2.05, 4.69) is 10.1 Å². The lowest BCUT2D eigenvalue weighted by molar-refractivity contribution is -0.419. The van der Waals surface area contributed by atoms with Crippen molar-refractivity contribution in [1.82, 2.24) is 5.32 Å². The van der Waals surface area contributed by atoms with Gasteiger partial charge in [0.1, 0.15) is 17.4 Å². The van der Waals surface area contributed by atoms with Crippen LogP contribution in [0.15, 0.2) is 12.1 Å². The number of hydrogen-bond acceptors (Lipinski definition) is 5. The van der Waals surface area contributed by atoms with E-state index in [1.165, 1.54) is 0 Å². The molecule has 0 unspecified atom stereocenters. The van der Waals surface area contributed by atoms with E-state index in [1.807, 2.05) is 0 Å². The van der Waals surface area contributed by atoms with E-state index < -0.39 is 29.5 Å². The van der Waals surface area contributed by atoms with Crippen molar-refractivity contribution in [3.63, 3.8) is 0 Å². The highest BCUT2D eigenvalue weighted by atomic mass is 19.1. The zero-order chi connectivity index (χ0) is 14.2. The minimum atomic E-state index is -3.52. The van der Waals surface area contributed by atoms with Crippen LogP contribution in [-0.4, -0.2) is 33.9 Å². The van der Waals surface area contributed by atoms with Crippen molar-refractivity contribution in [2.45, 2.75) is 18.5 Å². The Balaban J connectivity index is 2.30. The zero-order valence-corrected chi connectivity index (χ0v) is 9.56. The molecule has 1 fully saturated rings. The summed E-state index contributed by atoms with van der Waals surface area (Å²) in [6.45, 7) is 0.122. The lowest BCUT2D eigenvalue weighted by Gasteiger charge is -2.17. The van der Waals surface area contributed by atoms with Crippen molar-refractivity contribution in [1.29, 1.82) is 0 Å². The van der Waals surface area contributed by atoms with Gasteiger partial charge in [-0.05, 0) is 0 Å². The number of hydrogen-bond donors (Lipinski definition) is 4. The normalized spacial score (nSPS) is 19.4. The Bertz CT molecular complexity index is 491. The minimum absolute atomic E-state index is 0.0298. The highest BCUT2D eigenvalue weighted by Crippen LogP contribution is 2.31. The second kappa shape index (κ2) is 4.72. The molecule has 1 aromatic carbocycles. The first-order chi connectivity index (χ1) is 8.76. The molecule has 104 valence electrons. The lowest BCUT2D eigenvalue weighted by atomic mass is 9.97. The smallest absolute Gasteiger partial charge is 0.417 e. The third kappa shape index (κ3) is 3.16. The van der Waals surface area contributed by atoms with Gasteiger partial charge >= 0.3 is 6.16 Å². The maximum absolute atomic E-state index is 13.8. The van der Waals surface area contributed by atoms with Gasteiger partial charge in [0.15, 0.2) is 0 Å². The van der Waals surface area contributed by atoms with Crippen molar-refractivity contribution < 1.29 is 33.6 Å². The molecule has 0 aromatic heterocycles. The number of carbonyl (C=O) groups is 1. The van der Waals surface area contributed by atoms with Gasteiger partial charge in [-0.25, -0.2) is 8.78 Å². The summed E-state index contributed by atoms with van der Waals surface area (Å²) in [5.74, 6) is -3.53. The first kappa shape index (κ1) is 13.7. The zero-order valence-electron chi connectivity index (χ0n) is 9.56. The van der Waals surface area contributed by atoms with Crippen LogP contribution in [0.1, 0.15) is 17.9 Å². The van der Waals surface area contributed by atoms with E-state index in [0.717, 1.165) is 0 Å². The summed E-state index contributed by atoms with van der Waals surface area (Å²) in [5.41, 5.74) is -0.287. The predicted molar refractivity (Wildman–Crippen MR) is 56.7 cm³/mol. The van der Waals surface area contributed by atoms with E-state index in [4.69, 9.17) is 15.3 Å². The highest BCUT2D eigenvalue weighted by Gasteiger charge is 2.30. The van der Waals surface area contributed by atoms with Gasteiger partial charge in [0.05, 0.1) is 0 Å². The largest absolute Gasteiger partial charge is 0.453 e. The Morgan fingerprint density at radius 1 is 1.26 bits per heavy atom. The van der Waals surface area contributed by atoms with Gasteiger partial charge in [-0.3, -0.25) is 4.79 Å². The summed E-state index contributed by atoms with van der Waals surface area (Å²) < 4.78 is 31.6. The quantitative estimate of drug-likeness (QED) is 0.559. The molecule has 1 aromatic rings. The number of nitrogens with one attached hydrogen (secondary N) is 1. The van der Waals surface area contributed by atoms with Crippen molar-refractivity contribution in [3.8, 4) is 5.75 Å². The van der Waals surface area contributed by atoms with Gasteiger partial charge in [0.25, 0.3) is 0 Å². The number of carbonyl (C=O) groups excluding carboxylic acids is 1. The first-order valence-corrected chi connectivity index (χ1v) is 5.38. The number of ether oxygens (including phenoxy) is 1. The van der Waals surface area contributed by atoms with Gasteiger partial charge < -0.3 is 25.4 Å². The van der Waals surface area contributed by atoms with Gasteiger partial charge in [0, 0.05) is 36.6 Å². The molecule has 8 heteroatoms. The second-order valence-electron chi connectivity index (χ2n) is 4.18. The number of aliphatic hydroxyl groups is 3. The van der Waals surface area contributed by atoms with Gasteiger partial charge in [-0.2, -0.15) is 0 Å². The molecule has 6 nitrogen and oxygen atoms in total. The summed E-state index contributed by atoms with van der Waals surface area (Å²) >= 11 is 0. The third-order valence-corrected chi connectivity index (χ3v) is 2.69. The van der Waals surface area contributed by atoms with E-state index in [-0.39, 0.29) is 24.4 Å². The van der Waals surface area contributed by atoms with Gasteiger partial charge in [-0.15, -0.1) is 0 Å². The molecule has 19 heavy (non-hydrogen) atoms. The number of amides is 1. The van der Waals surface area contributed by atoms with Crippen LogP contribution in [0.2, 0.25) is 0 Å². The number of rotatable bonds is 3. The Labute approximate surface area is 106 Å². The van der Waals surface area contributed by atoms with E-state index in [9.17, 15) is 13.6 Å². The van der Waals surface area contributed by atoms with Gasteiger partial charge in [0.2, 0.25) is 5.91 Å². The molecule has 1 aliphatic heterocycles. The van der Waals surface area contributed by atoms with E-state index in [1.54, 1.807) is 0 Å². The molecule has 4 N–H and O–H groups in total. The average Bonchev–Trinajstić information content (AvgIpc) is 2.60. The van der Waals surface area contributed by atoms with Crippen molar-refractivity contribution in [2.75, 3.05) is 6.54 Å². The average molecular weight is 275 g/mol. The van der Waals surface area contributed by atoms with Crippen molar-refractivity contribution >= 4 is 5.91 Å². The van der Waals surface area contributed by atoms with E-state index in [0.29, 0.717) is 12.1 Å². The second-order valence-corrected chi connectivity index (χ2v) is 4.18. The molecule has 0 spiro atoms. The molecular formula is C11H11F2NO5. The van der Waals surface area contributed by atoms with Crippen LogP contribution >= 0.6 is 0 Å². The van der Waals surface area contributed by atoms with Crippen molar-refractivity contribution in [3.05, 3.63) is 29.3 Å². The molecule has 1 amide bonds. The summed E-state index contributed by atoms with van der Waals surface area (Å²) in [6, 6.07) is 1.39. The first-order valence-electron chi connectivity index (χ1n) is 5.38. The van der Waals surface area contributed by atoms with Crippen molar-refractivity contribution in [2.24, 2.45) is 0 Å². The SMILES string of the molecule is O=C1C[C@H](c2c(F)cc(OC(O)(O)O)cc2F)CN1. The minimum Gasteiger partial charge on any atom is -0.417 e. The fourth-order valence-electron chi connectivity index (χ4n) is 1.98. The van der Waals surface area contributed by atoms with Crippen LogP contribution in [0.3, 0.4) is 0 Å². The Morgan fingerprint density at radius 2 is 1.84 bits per heavy atom. The summed E-state index contributed by atoms with van der Waals surface area (Å²) in [7, 11) is 0. The van der Waals surface area contributed by atoms with Gasteiger partial charge in [-0.1, -0.05) is 0 Å². The molecule has 2 rings (SSSR count). The Hall–Kier alpha value is -1.77. The molecule has 1 atom stereocenters. The standard InChI is InChI=1S/C11H11F2NO5/c12-7-2-6(19-11(16,17)18)3-8(13)10(7)5-1-9(15)14-4-5/h2-3,5,16-18H,1,4H2,(H,14,15)/t5-/m0/s1. The molecule has 0 aliphatic carbocycles. The highest BCUT2D eigenvalue weighted by molar-refractivity contribution is 5.79. The third-order valence-electron chi connectivity index (χ3n) is 2.69. The Kier molecular flexibility index (Phi) is 3.40. The topological polar surface area (TPSA) is 99.0 Å². The van der Waals surface area contributed by atoms with Crippen LogP contribution in [0.5, 0.6) is 5.75 Å². The molecule has 1 aliphatic rings. The summed E-state index contributed by atoms with van der Waals surface area (Å²) in [5, 5.41) is 28.1. The fraction of sp³-hybridized carbons (Fsp3) is 0.364. The molecule has 0 bridgehead atoms. The fourth-order valence-corrected chi connectivity index (χ4v) is 1.98. The monoisotopic (exact) mass is 275 g/mol. The summed E-state index contributed by atoms with van der Waals surface area (Å²) in [4.78, 5) is 11.0. The molecule has 1 saturated heterocycles.